The predicted molar refractivity (Wildman–Crippen MR) is 81.5 cm³/mol. The molecule has 0 aliphatic carbocycles. The van der Waals surface area contributed by atoms with Crippen molar-refractivity contribution in [3.05, 3.63) is 70.0 Å². The second-order valence-electron chi connectivity index (χ2n) is 4.27. The Morgan fingerprint density at radius 2 is 2.10 bits per heavy atom. The molecular formula is C16H12BrFO3. The molecule has 0 fully saturated rings. The van der Waals surface area contributed by atoms with Crippen LogP contribution in [0, 0.1) is 5.82 Å². The van der Waals surface area contributed by atoms with Crippen molar-refractivity contribution in [1.29, 1.82) is 0 Å². The highest BCUT2D eigenvalue weighted by Gasteiger charge is 2.04. The van der Waals surface area contributed by atoms with Crippen LogP contribution in [0.5, 0.6) is 5.75 Å². The molecule has 0 saturated carbocycles. The highest BCUT2D eigenvalue weighted by Crippen LogP contribution is 2.25. The fourth-order valence-corrected chi connectivity index (χ4v) is 2.11. The van der Waals surface area contributed by atoms with Gasteiger partial charge in [-0.15, -0.1) is 0 Å². The molecule has 0 spiro atoms. The van der Waals surface area contributed by atoms with E-state index in [1.807, 2.05) is 0 Å². The van der Waals surface area contributed by atoms with Gasteiger partial charge in [-0.05, 0) is 42.0 Å². The molecule has 2 aromatic carbocycles. The van der Waals surface area contributed by atoms with Crippen LogP contribution in [-0.2, 0) is 11.4 Å². The number of benzene rings is 2. The Balaban J connectivity index is 2.17. The van der Waals surface area contributed by atoms with Gasteiger partial charge in [0.1, 0.15) is 18.2 Å². The largest absolute Gasteiger partial charge is 0.488 e. The van der Waals surface area contributed by atoms with E-state index >= 15 is 0 Å². The third kappa shape index (κ3) is 4.72. The lowest BCUT2D eigenvalue weighted by atomic mass is 10.2. The average molecular weight is 351 g/mol. The minimum absolute atomic E-state index is 0.202. The Kier molecular flexibility index (Phi) is 5.11. The highest BCUT2D eigenvalue weighted by atomic mass is 79.9. The maximum absolute atomic E-state index is 13.1. The minimum Gasteiger partial charge on any atom is -0.488 e. The van der Waals surface area contributed by atoms with Gasteiger partial charge >= 0.3 is 5.97 Å². The monoisotopic (exact) mass is 350 g/mol. The van der Waals surface area contributed by atoms with Crippen LogP contribution in [0.3, 0.4) is 0 Å². The highest BCUT2D eigenvalue weighted by molar-refractivity contribution is 9.10. The van der Waals surface area contributed by atoms with E-state index in [0.717, 1.165) is 10.5 Å². The summed E-state index contributed by atoms with van der Waals surface area (Å²) >= 11 is 3.32. The fourth-order valence-electron chi connectivity index (χ4n) is 1.73. The van der Waals surface area contributed by atoms with E-state index in [1.165, 1.54) is 18.2 Å². The Morgan fingerprint density at radius 3 is 2.81 bits per heavy atom. The first-order valence-electron chi connectivity index (χ1n) is 6.12. The predicted octanol–water partition coefficient (Wildman–Crippen LogP) is 4.27. The number of carbonyl (C=O) groups is 1. The number of carboxylic acid groups (broad SMARTS) is 1. The first-order chi connectivity index (χ1) is 10.0. The Morgan fingerprint density at radius 1 is 1.29 bits per heavy atom. The van der Waals surface area contributed by atoms with Crippen molar-refractivity contribution < 1.29 is 19.0 Å². The second kappa shape index (κ2) is 7.04. The van der Waals surface area contributed by atoms with E-state index in [2.05, 4.69) is 15.9 Å². The van der Waals surface area contributed by atoms with E-state index in [-0.39, 0.29) is 12.4 Å². The van der Waals surface area contributed by atoms with Crippen molar-refractivity contribution in [2.24, 2.45) is 0 Å². The molecule has 2 aromatic rings. The normalized spacial score (nSPS) is 10.8. The lowest BCUT2D eigenvalue weighted by molar-refractivity contribution is -0.131. The van der Waals surface area contributed by atoms with E-state index in [0.29, 0.717) is 16.9 Å². The van der Waals surface area contributed by atoms with Crippen LogP contribution in [0.1, 0.15) is 11.1 Å². The standard InChI is InChI=1S/C16H12BrFO3/c17-13-5-6-15(12(9-13)4-7-16(19)20)21-10-11-2-1-3-14(18)8-11/h1-9H,10H2,(H,19,20). The molecular weight excluding hydrogens is 339 g/mol. The average Bonchev–Trinajstić information content (AvgIpc) is 2.44. The molecule has 0 heterocycles. The van der Waals surface area contributed by atoms with Crippen LogP contribution in [0.4, 0.5) is 4.39 Å². The lowest BCUT2D eigenvalue weighted by Gasteiger charge is -2.10. The third-order valence-corrected chi connectivity index (χ3v) is 3.15. The van der Waals surface area contributed by atoms with Crippen molar-refractivity contribution in [3.8, 4) is 5.75 Å². The zero-order chi connectivity index (χ0) is 15.2. The summed E-state index contributed by atoms with van der Waals surface area (Å²) < 4.78 is 19.5. The van der Waals surface area contributed by atoms with Crippen LogP contribution in [0.2, 0.25) is 0 Å². The molecule has 108 valence electrons. The Labute approximate surface area is 129 Å². The molecule has 0 bridgehead atoms. The summed E-state index contributed by atoms with van der Waals surface area (Å²) in [6, 6.07) is 11.4. The SMILES string of the molecule is O=C(O)C=Cc1cc(Br)ccc1OCc1cccc(F)c1. The van der Waals surface area contributed by atoms with Gasteiger partial charge in [0.05, 0.1) is 0 Å². The fraction of sp³-hybridized carbons (Fsp3) is 0.0625. The van der Waals surface area contributed by atoms with E-state index in [1.54, 1.807) is 30.3 Å². The van der Waals surface area contributed by atoms with Gasteiger partial charge in [-0.1, -0.05) is 28.1 Å². The zero-order valence-corrected chi connectivity index (χ0v) is 12.5. The van der Waals surface area contributed by atoms with Gasteiger partial charge in [0.25, 0.3) is 0 Å². The van der Waals surface area contributed by atoms with Gasteiger partial charge in [-0.2, -0.15) is 0 Å². The smallest absolute Gasteiger partial charge is 0.328 e. The Hall–Kier alpha value is -2.14. The van der Waals surface area contributed by atoms with Crippen molar-refractivity contribution >= 4 is 28.0 Å². The van der Waals surface area contributed by atoms with Crippen LogP contribution >= 0.6 is 15.9 Å². The van der Waals surface area contributed by atoms with Crippen molar-refractivity contribution in [2.75, 3.05) is 0 Å². The number of halogens is 2. The van der Waals surface area contributed by atoms with Crippen LogP contribution in [-0.4, -0.2) is 11.1 Å². The molecule has 5 heteroatoms. The van der Waals surface area contributed by atoms with Gasteiger partial charge in [0.15, 0.2) is 0 Å². The molecule has 0 saturated heterocycles. The van der Waals surface area contributed by atoms with E-state index in [4.69, 9.17) is 9.84 Å². The summed E-state index contributed by atoms with van der Waals surface area (Å²) in [4.78, 5) is 10.6. The topological polar surface area (TPSA) is 46.5 Å². The van der Waals surface area contributed by atoms with Gasteiger partial charge in [-0.3, -0.25) is 0 Å². The molecule has 0 unspecified atom stereocenters. The van der Waals surface area contributed by atoms with Gasteiger partial charge in [0, 0.05) is 16.1 Å². The lowest BCUT2D eigenvalue weighted by Crippen LogP contribution is -1.97. The van der Waals surface area contributed by atoms with Crippen molar-refractivity contribution in [2.45, 2.75) is 6.61 Å². The summed E-state index contributed by atoms with van der Waals surface area (Å²) in [5, 5.41) is 8.69. The van der Waals surface area contributed by atoms with Gasteiger partial charge in [-0.25, -0.2) is 9.18 Å². The van der Waals surface area contributed by atoms with Gasteiger partial charge < -0.3 is 9.84 Å². The third-order valence-electron chi connectivity index (χ3n) is 2.66. The zero-order valence-electron chi connectivity index (χ0n) is 10.9. The van der Waals surface area contributed by atoms with Crippen LogP contribution in [0.15, 0.2) is 53.0 Å². The minimum atomic E-state index is -1.04. The van der Waals surface area contributed by atoms with Gasteiger partial charge in [0.2, 0.25) is 0 Å². The molecule has 0 aromatic heterocycles. The van der Waals surface area contributed by atoms with Crippen molar-refractivity contribution in [1.82, 2.24) is 0 Å². The molecule has 0 aliphatic heterocycles. The number of aliphatic carboxylic acids is 1. The summed E-state index contributed by atoms with van der Waals surface area (Å²) in [7, 11) is 0. The van der Waals surface area contributed by atoms with Crippen LogP contribution < -0.4 is 4.74 Å². The first-order valence-corrected chi connectivity index (χ1v) is 6.92. The molecule has 0 amide bonds. The maximum Gasteiger partial charge on any atom is 0.328 e. The molecule has 21 heavy (non-hydrogen) atoms. The molecule has 2 rings (SSSR count). The van der Waals surface area contributed by atoms with E-state index in [9.17, 15) is 9.18 Å². The Bertz CT molecular complexity index is 683. The molecule has 0 aliphatic rings. The first kappa shape index (κ1) is 15.3. The maximum atomic E-state index is 13.1. The molecule has 0 radical (unpaired) electrons. The van der Waals surface area contributed by atoms with Crippen molar-refractivity contribution in [3.63, 3.8) is 0 Å². The molecule has 3 nitrogen and oxygen atoms in total. The number of rotatable bonds is 5. The quantitative estimate of drug-likeness (QED) is 0.819. The molecule has 0 atom stereocenters. The summed E-state index contributed by atoms with van der Waals surface area (Å²) in [6.45, 7) is 0.202. The number of carboxylic acids is 1. The summed E-state index contributed by atoms with van der Waals surface area (Å²) in [5.74, 6) is -0.830. The second-order valence-corrected chi connectivity index (χ2v) is 5.19. The number of ether oxygens (including phenoxy) is 1. The van der Waals surface area contributed by atoms with E-state index < -0.39 is 5.97 Å². The number of hydrogen-bond donors (Lipinski definition) is 1. The summed E-state index contributed by atoms with van der Waals surface area (Å²) in [6.07, 6.45) is 2.49. The molecule has 1 N–H and O–H groups in total. The number of hydrogen-bond acceptors (Lipinski definition) is 2. The van der Waals surface area contributed by atoms with Crippen LogP contribution in [0.25, 0.3) is 6.08 Å². The summed E-state index contributed by atoms with van der Waals surface area (Å²) in [5.41, 5.74) is 1.33.